The SMILES string of the molecule is CCC[C@H]1CC(=O)[C@H](C(=O)OC)[C@@H](CCC)N1. The van der Waals surface area contributed by atoms with E-state index in [9.17, 15) is 9.59 Å². The Hall–Kier alpha value is -0.900. The molecule has 4 nitrogen and oxygen atoms in total. The summed E-state index contributed by atoms with van der Waals surface area (Å²) in [5.74, 6) is -0.962. The summed E-state index contributed by atoms with van der Waals surface area (Å²) in [5.41, 5.74) is 0. The zero-order valence-electron chi connectivity index (χ0n) is 11.0. The Morgan fingerprint density at radius 1 is 1.35 bits per heavy atom. The number of hydrogen-bond acceptors (Lipinski definition) is 4. The minimum absolute atomic E-state index is 0.0347. The molecule has 1 saturated heterocycles. The molecule has 1 aliphatic rings. The molecule has 0 aromatic carbocycles. The summed E-state index contributed by atoms with van der Waals surface area (Å²) in [6.45, 7) is 4.16. The number of ether oxygens (including phenoxy) is 1. The molecule has 4 heteroatoms. The van der Waals surface area contributed by atoms with Gasteiger partial charge in [0.2, 0.25) is 0 Å². The molecule has 1 heterocycles. The highest BCUT2D eigenvalue weighted by Gasteiger charge is 2.40. The van der Waals surface area contributed by atoms with Crippen LogP contribution in [-0.4, -0.2) is 30.9 Å². The maximum absolute atomic E-state index is 12.0. The third kappa shape index (κ3) is 3.53. The molecule has 0 radical (unpaired) electrons. The highest BCUT2D eigenvalue weighted by Crippen LogP contribution is 2.23. The Kier molecular flexibility index (Phi) is 5.62. The van der Waals surface area contributed by atoms with Crippen LogP contribution < -0.4 is 5.32 Å². The molecular weight excluding hydrogens is 218 g/mol. The first-order chi connectivity index (χ1) is 8.13. The lowest BCUT2D eigenvalue weighted by atomic mass is 9.83. The number of esters is 1. The predicted molar refractivity (Wildman–Crippen MR) is 65.7 cm³/mol. The Morgan fingerprint density at radius 2 is 2.00 bits per heavy atom. The van der Waals surface area contributed by atoms with Crippen molar-refractivity contribution in [2.45, 2.75) is 58.0 Å². The third-order valence-corrected chi connectivity index (χ3v) is 3.34. The average molecular weight is 241 g/mol. The molecule has 17 heavy (non-hydrogen) atoms. The molecule has 0 spiro atoms. The number of Topliss-reactive ketones (excluding diaryl/α,β-unsaturated/α-hetero) is 1. The number of carbonyl (C=O) groups excluding carboxylic acids is 2. The number of methoxy groups -OCH3 is 1. The van der Waals surface area contributed by atoms with Gasteiger partial charge >= 0.3 is 5.97 Å². The van der Waals surface area contributed by atoms with E-state index in [0.29, 0.717) is 6.42 Å². The normalized spacial score (nSPS) is 29.1. The van der Waals surface area contributed by atoms with Crippen molar-refractivity contribution in [3.05, 3.63) is 0 Å². The van der Waals surface area contributed by atoms with Crippen molar-refractivity contribution in [3.8, 4) is 0 Å². The van der Waals surface area contributed by atoms with Crippen molar-refractivity contribution in [2.24, 2.45) is 5.92 Å². The highest BCUT2D eigenvalue weighted by atomic mass is 16.5. The topological polar surface area (TPSA) is 55.4 Å². The second-order valence-corrected chi connectivity index (χ2v) is 4.72. The maximum Gasteiger partial charge on any atom is 0.317 e. The Balaban J connectivity index is 2.75. The van der Waals surface area contributed by atoms with Crippen molar-refractivity contribution in [1.82, 2.24) is 5.32 Å². The number of carbonyl (C=O) groups is 2. The molecule has 0 aliphatic carbocycles. The van der Waals surface area contributed by atoms with Gasteiger partial charge in [-0.3, -0.25) is 9.59 Å². The summed E-state index contributed by atoms with van der Waals surface area (Å²) in [5, 5.41) is 3.43. The number of nitrogens with one attached hydrogen (secondary N) is 1. The summed E-state index contributed by atoms with van der Waals surface area (Å²) in [6.07, 6.45) is 4.28. The van der Waals surface area contributed by atoms with Crippen molar-refractivity contribution in [2.75, 3.05) is 7.11 Å². The van der Waals surface area contributed by atoms with Crippen LogP contribution in [-0.2, 0) is 14.3 Å². The standard InChI is InChI=1S/C13H23NO3/c1-4-6-9-8-11(15)12(13(16)17-3)10(14-9)7-5-2/h9-10,12,14H,4-8H2,1-3H3/t9-,10+,12+/m0/s1. The van der Waals surface area contributed by atoms with Crippen LogP contribution in [0.15, 0.2) is 0 Å². The minimum atomic E-state index is -0.604. The molecule has 0 amide bonds. The molecule has 0 aromatic rings. The fourth-order valence-electron chi connectivity index (χ4n) is 2.57. The van der Waals surface area contributed by atoms with Crippen molar-refractivity contribution in [1.29, 1.82) is 0 Å². The van der Waals surface area contributed by atoms with Crippen molar-refractivity contribution < 1.29 is 14.3 Å². The molecule has 3 atom stereocenters. The Labute approximate surface area is 103 Å². The van der Waals surface area contributed by atoms with Gasteiger partial charge < -0.3 is 10.1 Å². The predicted octanol–water partition coefficient (Wildman–Crippen LogP) is 1.68. The molecule has 0 aromatic heterocycles. The van der Waals surface area contributed by atoms with E-state index in [1.54, 1.807) is 0 Å². The molecule has 0 saturated carbocycles. The van der Waals surface area contributed by atoms with Gasteiger partial charge in [0.15, 0.2) is 0 Å². The third-order valence-electron chi connectivity index (χ3n) is 3.34. The summed E-state index contributed by atoms with van der Waals surface area (Å²) in [7, 11) is 1.34. The average Bonchev–Trinajstić information content (AvgIpc) is 2.29. The lowest BCUT2D eigenvalue weighted by molar-refractivity contribution is -0.152. The quantitative estimate of drug-likeness (QED) is 0.587. The largest absolute Gasteiger partial charge is 0.468 e. The van der Waals surface area contributed by atoms with Crippen molar-refractivity contribution in [3.63, 3.8) is 0 Å². The Bertz CT molecular complexity index is 278. The lowest BCUT2D eigenvalue weighted by Crippen LogP contribution is -2.54. The summed E-state index contributed by atoms with van der Waals surface area (Å²) >= 11 is 0. The second-order valence-electron chi connectivity index (χ2n) is 4.72. The van der Waals surface area contributed by atoms with E-state index in [2.05, 4.69) is 19.2 Å². The minimum Gasteiger partial charge on any atom is -0.468 e. The fraction of sp³-hybridized carbons (Fsp3) is 0.846. The lowest BCUT2D eigenvalue weighted by Gasteiger charge is -2.35. The maximum atomic E-state index is 12.0. The number of ketones is 1. The first-order valence-corrected chi connectivity index (χ1v) is 6.50. The number of rotatable bonds is 5. The smallest absolute Gasteiger partial charge is 0.317 e. The van der Waals surface area contributed by atoms with Gasteiger partial charge in [0.25, 0.3) is 0 Å². The van der Waals surface area contributed by atoms with Crippen LogP contribution in [0.2, 0.25) is 0 Å². The molecule has 1 fully saturated rings. The fourth-order valence-corrected chi connectivity index (χ4v) is 2.57. The van der Waals surface area contributed by atoms with Gasteiger partial charge in [-0.05, 0) is 12.8 Å². The Morgan fingerprint density at radius 3 is 2.53 bits per heavy atom. The van der Waals surface area contributed by atoms with Crippen molar-refractivity contribution >= 4 is 11.8 Å². The van der Waals surface area contributed by atoms with E-state index in [1.165, 1.54) is 7.11 Å². The van der Waals surface area contributed by atoms with E-state index < -0.39 is 11.9 Å². The molecule has 1 N–H and O–H groups in total. The first-order valence-electron chi connectivity index (χ1n) is 6.50. The second kappa shape index (κ2) is 6.74. The van der Waals surface area contributed by atoms with Gasteiger partial charge in [0.1, 0.15) is 11.7 Å². The summed E-state index contributed by atoms with van der Waals surface area (Å²) < 4.78 is 4.73. The van der Waals surface area contributed by atoms with E-state index in [0.717, 1.165) is 25.7 Å². The zero-order valence-corrected chi connectivity index (χ0v) is 11.0. The zero-order chi connectivity index (χ0) is 12.8. The van der Waals surface area contributed by atoms with Gasteiger partial charge in [0.05, 0.1) is 7.11 Å². The number of hydrogen-bond donors (Lipinski definition) is 1. The van der Waals surface area contributed by atoms with Crippen LogP contribution in [0.3, 0.4) is 0 Å². The molecule has 1 rings (SSSR count). The molecule has 1 aliphatic heterocycles. The van der Waals surface area contributed by atoms with Crippen LogP contribution in [0.4, 0.5) is 0 Å². The molecular formula is C13H23NO3. The monoisotopic (exact) mass is 241 g/mol. The van der Waals surface area contributed by atoms with Gasteiger partial charge in [-0.15, -0.1) is 0 Å². The van der Waals surface area contributed by atoms with E-state index in [-0.39, 0.29) is 17.9 Å². The number of piperidine rings is 1. The first kappa shape index (κ1) is 14.2. The van der Waals surface area contributed by atoms with Crippen LogP contribution in [0.5, 0.6) is 0 Å². The van der Waals surface area contributed by atoms with E-state index >= 15 is 0 Å². The summed E-state index contributed by atoms with van der Waals surface area (Å²) in [6, 6.07) is 0.176. The molecule has 98 valence electrons. The summed E-state index contributed by atoms with van der Waals surface area (Å²) in [4.78, 5) is 23.7. The highest BCUT2D eigenvalue weighted by molar-refractivity contribution is 6.00. The van der Waals surface area contributed by atoms with E-state index in [1.807, 2.05) is 0 Å². The van der Waals surface area contributed by atoms with Gasteiger partial charge in [-0.1, -0.05) is 26.7 Å². The van der Waals surface area contributed by atoms with E-state index in [4.69, 9.17) is 4.74 Å². The van der Waals surface area contributed by atoms with Crippen LogP contribution in [0.1, 0.15) is 46.0 Å². The van der Waals surface area contributed by atoms with Gasteiger partial charge in [-0.2, -0.15) is 0 Å². The van der Waals surface area contributed by atoms with Crippen LogP contribution >= 0.6 is 0 Å². The molecule has 0 unspecified atom stereocenters. The van der Waals surface area contributed by atoms with Gasteiger partial charge in [0, 0.05) is 18.5 Å². The van der Waals surface area contributed by atoms with Gasteiger partial charge in [-0.25, -0.2) is 0 Å². The van der Waals surface area contributed by atoms with Crippen LogP contribution in [0.25, 0.3) is 0 Å². The van der Waals surface area contributed by atoms with Crippen LogP contribution in [0, 0.1) is 5.92 Å². The molecule has 0 bridgehead atoms.